The molecule has 1 rings (SSSR count). The molecular formula is C9H14FNO2. The van der Waals surface area contributed by atoms with Crippen LogP contribution in [0, 0.1) is 0 Å². The molecule has 1 aliphatic heterocycles. The van der Waals surface area contributed by atoms with E-state index in [1.165, 1.54) is 0 Å². The smallest absolute Gasteiger partial charge is 0.286 e. The monoisotopic (exact) mass is 187 g/mol. The van der Waals surface area contributed by atoms with Gasteiger partial charge < -0.3 is 10.1 Å². The van der Waals surface area contributed by atoms with Crippen LogP contribution >= 0.6 is 0 Å². The number of hydrogen-bond donors (Lipinski definition) is 1. The summed E-state index contributed by atoms with van der Waals surface area (Å²) in [6.07, 6.45) is 3.53. The van der Waals surface area contributed by atoms with Gasteiger partial charge in [0.25, 0.3) is 5.91 Å². The summed E-state index contributed by atoms with van der Waals surface area (Å²) in [5.74, 6) is 0.0106. The first-order valence-electron chi connectivity index (χ1n) is 4.44. The van der Waals surface area contributed by atoms with Crippen LogP contribution in [0.2, 0.25) is 0 Å². The summed E-state index contributed by atoms with van der Waals surface area (Å²) in [6.45, 7) is 1.63. The number of alkyl halides is 1. The van der Waals surface area contributed by atoms with Crippen LogP contribution in [0.15, 0.2) is 11.8 Å². The largest absolute Gasteiger partial charge is 0.488 e. The molecule has 1 N–H and O–H groups in total. The van der Waals surface area contributed by atoms with E-state index in [1.54, 1.807) is 13.0 Å². The second-order valence-corrected chi connectivity index (χ2v) is 3.09. The summed E-state index contributed by atoms with van der Waals surface area (Å²) in [7, 11) is 0. The Kier molecular flexibility index (Phi) is 3.73. The fraction of sp³-hybridized carbons (Fsp3) is 0.667. The number of nitrogens with one attached hydrogen (secondary N) is 1. The Morgan fingerprint density at radius 1 is 1.85 bits per heavy atom. The third kappa shape index (κ3) is 3.05. The molecule has 0 aromatic carbocycles. The molecule has 1 atom stereocenters. The molecule has 74 valence electrons. The van der Waals surface area contributed by atoms with Crippen molar-refractivity contribution in [1.82, 2.24) is 5.32 Å². The van der Waals surface area contributed by atoms with E-state index in [9.17, 15) is 9.18 Å². The van der Waals surface area contributed by atoms with E-state index in [0.717, 1.165) is 12.8 Å². The lowest BCUT2D eigenvalue weighted by Gasteiger charge is -2.16. The lowest BCUT2D eigenvalue weighted by atomic mass is 10.2. The molecule has 0 aromatic heterocycles. The van der Waals surface area contributed by atoms with Crippen LogP contribution < -0.4 is 5.32 Å². The number of amides is 1. The Bertz CT molecular complexity index is 216. The molecule has 0 bridgehead atoms. The Morgan fingerprint density at radius 2 is 2.62 bits per heavy atom. The van der Waals surface area contributed by atoms with E-state index in [-0.39, 0.29) is 5.91 Å². The van der Waals surface area contributed by atoms with E-state index < -0.39 is 12.7 Å². The Balaban J connectivity index is 2.42. The molecule has 4 heteroatoms. The lowest BCUT2D eigenvalue weighted by molar-refractivity contribution is -0.121. The fourth-order valence-corrected chi connectivity index (χ4v) is 1.05. The van der Waals surface area contributed by atoms with Crippen molar-refractivity contribution in [1.29, 1.82) is 0 Å². The van der Waals surface area contributed by atoms with Crippen LogP contribution in [0.25, 0.3) is 0 Å². The standard InChI is InChI=1S/C9H14FNO2/c1-7(6-10)11-9(12)8-4-2-3-5-13-8/h4,7H,2-3,5-6H2,1H3,(H,11,12). The first-order valence-corrected chi connectivity index (χ1v) is 4.44. The van der Waals surface area contributed by atoms with Gasteiger partial charge in [-0.25, -0.2) is 4.39 Å². The molecule has 1 amide bonds. The Hall–Kier alpha value is -1.06. The molecule has 1 heterocycles. The zero-order valence-corrected chi connectivity index (χ0v) is 7.68. The number of carbonyl (C=O) groups is 1. The van der Waals surface area contributed by atoms with Crippen LogP contribution in [0.1, 0.15) is 19.8 Å². The summed E-state index contributed by atoms with van der Waals surface area (Å²) in [5.41, 5.74) is 0. The normalized spacial score (nSPS) is 18.5. The van der Waals surface area contributed by atoms with Crippen molar-refractivity contribution in [2.45, 2.75) is 25.8 Å². The predicted molar refractivity (Wildman–Crippen MR) is 46.8 cm³/mol. The molecule has 0 spiro atoms. The van der Waals surface area contributed by atoms with E-state index in [2.05, 4.69) is 5.32 Å². The van der Waals surface area contributed by atoms with Gasteiger partial charge in [-0.1, -0.05) is 0 Å². The van der Waals surface area contributed by atoms with E-state index >= 15 is 0 Å². The van der Waals surface area contributed by atoms with Gasteiger partial charge in [-0.05, 0) is 25.8 Å². The quantitative estimate of drug-likeness (QED) is 0.719. The summed E-state index contributed by atoms with van der Waals surface area (Å²) < 4.78 is 17.2. The van der Waals surface area contributed by atoms with Gasteiger partial charge >= 0.3 is 0 Å². The van der Waals surface area contributed by atoms with E-state index in [1.807, 2.05) is 0 Å². The molecule has 3 nitrogen and oxygen atoms in total. The maximum Gasteiger partial charge on any atom is 0.286 e. The summed E-state index contributed by atoms with van der Waals surface area (Å²) in [4.78, 5) is 11.3. The highest BCUT2D eigenvalue weighted by molar-refractivity contribution is 5.91. The predicted octanol–water partition coefficient (Wildman–Crippen LogP) is 1.15. The van der Waals surface area contributed by atoms with Gasteiger partial charge in [-0.15, -0.1) is 0 Å². The van der Waals surface area contributed by atoms with Gasteiger partial charge in [0.05, 0.1) is 12.6 Å². The van der Waals surface area contributed by atoms with Gasteiger partial charge in [-0.2, -0.15) is 0 Å². The Labute approximate surface area is 77.0 Å². The maximum absolute atomic E-state index is 12.0. The first kappa shape index (κ1) is 10.0. The third-order valence-corrected chi connectivity index (χ3v) is 1.77. The topological polar surface area (TPSA) is 38.3 Å². The average molecular weight is 187 g/mol. The van der Waals surface area contributed by atoms with Crippen molar-refractivity contribution < 1.29 is 13.9 Å². The Morgan fingerprint density at radius 3 is 3.15 bits per heavy atom. The second-order valence-electron chi connectivity index (χ2n) is 3.09. The van der Waals surface area contributed by atoms with Crippen molar-refractivity contribution >= 4 is 5.91 Å². The molecule has 1 aliphatic rings. The molecular weight excluding hydrogens is 173 g/mol. The highest BCUT2D eigenvalue weighted by Crippen LogP contribution is 2.09. The lowest BCUT2D eigenvalue weighted by Crippen LogP contribution is -2.36. The van der Waals surface area contributed by atoms with Crippen molar-refractivity contribution in [3.8, 4) is 0 Å². The van der Waals surface area contributed by atoms with E-state index in [4.69, 9.17) is 4.74 Å². The summed E-state index contributed by atoms with van der Waals surface area (Å²) in [5, 5.41) is 2.49. The summed E-state index contributed by atoms with van der Waals surface area (Å²) >= 11 is 0. The number of ether oxygens (including phenoxy) is 1. The minimum atomic E-state index is -0.557. The minimum absolute atomic E-state index is 0.315. The van der Waals surface area contributed by atoms with Crippen molar-refractivity contribution in [3.63, 3.8) is 0 Å². The van der Waals surface area contributed by atoms with Gasteiger partial charge in [0, 0.05) is 0 Å². The van der Waals surface area contributed by atoms with Crippen molar-refractivity contribution in [3.05, 3.63) is 11.8 Å². The first-order chi connectivity index (χ1) is 6.24. The van der Waals surface area contributed by atoms with Crippen LogP contribution in [0.4, 0.5) is 4.39 Å². The van der Waals surface area contributed by atoms with Gasteiger partial charge in [0.2, 0.25) is 0 Å². The minimum Gasteiger partial charge on any atom is -0.488 e. The second kappa shape index (κ2) is 4.84. The molecule has 0 fully saturated rings. The highest BCUT2D eigenvalue weighted by atomic mass is 19.1. The SMILES string of the molecule is CC(CF)NC(=O)C1=CCCCO1. The van der Waals surface area contributed by atoms with Crippen molar-refractivity contribution in [2.75, 3.05) is 13.3 Å². The molecule has 1 unspecified atom stereocenters. The van der Waals surface area contributed by atoms with Crippen LogP contribution in [0.5, 0.6) is 0 Å². The van der Waals surface area contributed by atoms with Crippen molar-refractivity contribution in [2.24, 2.45) is 0 Å². The molecule has 0 aliphatic carbocycles. The average Bonchev–Trinajstić information content (AvgIpc) is 2.19. The van der Waals surface area contributed by atoms with Crippen LogP contribution in [-0.4, -0.2) is 25.2 Å². The van der Waals surface area contributed by atoms with Crippen LogP contribution in [-0.2, 0) is 9.53 Å². The molecule has 0 aromatic rings. The van der Waals surface area contributed by atoms with Gasteiger partial charge in [-0.3, -0.25) is 4.79 Å². The number of allylic oxidation sites excluding steroid dienone is 1. The number of hydrogen-bond acceptors (Lipinski definition) is 2. The molecule has 0 saturated heterocycles. The third-order valence-electron chi connectivity index (χ3n) is 1.77. The molecule has 0 saturated carbocycles. The van der Waals surface area contributed by atoms with E-state index in [0.29, 0.717) is 12.4 Å². The zero-order valence-electron chi connectivity index (χ0n) is 7.68. The van der Waals surface area contributed by atoms with Crippen LogP contribution in [0.3, 0.4) is 0 Å². The number of halogens is 1. The zero-order chi connectivity index (χ0) is 9.68. The number of carbonyl (C=O) groups excluding carboxylic acids is 1. The molecule has 13 heavy (non-hydrogen) atoms. The van der Waals surface area contributed by atoms with Gasteiger partial charge in [0.1, 0.15) is 6.67 Å². The fourth-order valence-electron chi connectivity index (χ4n) is 1.05. The maximum atomic E-state index is 12.0. The molecule has 0 radical (unpaired) electrons. The van der Waals surface area contributed by atoms with Gasteiger partial charge in [0.15, 0.2) is 5.76 Å². The number of rotatable bonds is 3. The highest BCUT2D eigenvalue weighted by Gasteiger charge is 2.15. The summed E-state index contributed by atoms with van der Waals surface area (Å²) in [6, 6.07) is -0.445.